The van der Waals surface area contributed by atoms with E-state index in [-0.39, 0.29) is 19.6 Å². The second-order valence-electron chi connectivity index (χ2n) is 3.19. The number of aliphatic hydroxyl groups excluding tert-OH is 1. The molecule has 5 nitrogen and oxygen atoms in total. The van der Waals surface area contributed by atoms with Crippen molar-refractivity contribution < 1.29 is 24.2 Å². The standard InChI is InChI=1S/C10H16O5/c1-7(2)10(13)15-5-4-14-9(12)6-8(3)11/h8,11H,1,4-6H2,2-3H3/t8-/m0/s1. The lowest BCUT2D eigenvalue weighted by molar-refractivity contribution is -0.151. The molecule has 1 atom stereocenters. The Labute approximate surface area is 88.7 Å². The van der Waals surface area contributed by atoms with Gasteiger partial charge in [-0.15, -0.1) is 0 Å². The van der Waals surface area contributed by atoms with E-state index in [0.717, 1.165) is 0 Å². The minimum Gasteiger partial charge on any atom is -0.462 e. The molecule has 0 aromatic heterocycles. The summed E-state index contributed by atoms with van der Waals surface area (Å²) >= 11 is 0. The molecule has 1 N–H and O–H groups in total. The molecule has 15 heavy (non-hydrogen) atoms. The van der Waals surface area contributed by atoms with Crippen LogP contribution in [-0.2, 0) is 19.1 Å². The lowest BCUT2D eigenvalue weighted by Gasteiger charge is -2.06. The van der Waals surface area contributed by atoms with Crippen LogP contribution in [0.3, 0.4) is 0 Å². The van der Waals surface area contributed by atoms with E-state index in [2.05, 4.69) is 16.1 Å². The van der Waals surface area contributed by atoms with Gasteiger partial charge in [-0.1, -0.05) is 6.58 Å². The fourth-order valence-electron chi connectivity index (χ4n) is 0.713. The minimum absolute atomic E-state index is 0.00274. The molecule has 0 unspecified atom stereocenters. The van der Waals surface area contributed by atoms with Crippen LogP contribution in [-0.4, -0.2) is 36.4 Å². The van der Waals surface area contributed by atoms with Crippen LogP contribution in [0.2, 0.25) is 0 Å². The molecule has 0 bridgehead atoms. The SMILES string of the molecule is C=C(C)C(=O)OCCOC(=O)C[C@H](C)O. The molecular weight excluding hydrogens is 200 g/mol. The molecule has 0 radical (unpaired) electrons. The first-order valence-electron chi connectivity index (χ1n) is 4.59. The number of aliphatic hydroxyl groups is 1. The molecule has 0 aliphatic carbocycles. The van der Waals surface area contributed by atoms with Crippen molar-refractivity contribution in [3.05, 3.63) is 12.2 Å². The van der Waals surface area contributed by atoms with Gasteiger partial charge in [-0.25, -0.2) is 4.79 Å². The van der Waals surface area contributed by atoms with Crippen LogP contribution in [0, 0.1) is 0 Å². The highest BCUT2D eigenvalue weighted by molar-refractivity contribution is 5.86. The number of carbonyl (C=O) groups is 2. The Morgan fingerprint density at radius 1 is 1.33 bits per heavy atom. The van der Waals surface area contributed by atoms with Crippen molar-refractivity contribution >= 4 is 11.9 Å². The van der Waals surface area contributed by atoms with E-state index in [1.807, 2.05) is 0 Å². The summed E-state index contributed by atoms with van der Waals surface area (Å²) in [4.78, 5) is 21.8. The van der Waals surface area contributed by atoms with E-state index in [9.17, 15) is 9.59 Å². The Morgan fingerprint density at radius 3 is 2.33 bits per heavy atom. The molecule has 0 rings (SSSR count). The van der Waals surface area contributed by atoms with Gasteiger partial charge < -0.3 is 14.6 Å². The summed E-state index contributed by atoms with van der Waals surface area (Å²) < 4.78 is 9.36. The quantitative estimate of drug-likeness (QED) is 0.396. The maximum Gasteiger partial charge on any atom is 0.333 e. The van der Waals surface area contributed by atoms with Crippen molar-refractivity contribution in [2.45, 2.75) is 26.4 Å². The van der Waals surface area contributed by atoms with Gasteiger partial charge in [-0.3, -0.25) is 4.79 Å². The summed E-state index contributed by atoms with van der Waals surface area (Å²) in [6.07, 6.45) is -0.787. The molecule has 0 aromatic carbocycles. The van der Waals surface area contributed by atoms with Gasteiger partial charge in [0.25, 0.3) is 0 Å². The Hall–Kier alpha value is -1.36. The topological polar surface area (TPSA) is 72.8 Å². The zero-order valence-corrected chi connectivity index (χ0v) is 8.99. The van der Waals surface area contributed by atoms with Gasteiger partial charge in [0, 0.05) is 5.57 Å². The zero-order chi connectivity index (χ0) is 11.8. The van der Waals surface area contributed by atoms with Crippen LogP contribution in [0.5, 0.6) is 0 Å². The molecule has 0 aliphatic heterocycles. The third kappa shape index (κ3) is 7.69. The van der Waals surface area contributed by atoms with Gasteiger partial charge in [0.2, 0.25) is 0 Å². The van der Waals surface area contributed by atoms with Crippen molar-refractivity contribution in [1.29, 1.82) is 0 Å². The van der Waals surface area contributed by atoms with Crippen LogP contribution in [0.4, 0.5) is 0 Å². The van der Waals surface area contributed by atoms with Gasteiger partial charge in [-0.2, -0.15) is 0 Å². The van der Waals surface area contributed by atoms with Crippen molar-refractivity contribution in [3.63, 3.8) is 0 Å². The highest BCUT2D eigenvalue weighted by Crippen LogP contribution is 1.94. The highest BCUT2D eigenvalue weighted by Gasteiger charge is 2.07. The van der Waals surface area contributed by atoms with Gasteiger partial charge in [0.1, 0.15) is 13.2 Å². The van der Waals surface area contributed by atoms with Gasteiger partial charge >= 0.3 is 11.9 Å². The van der Waals surface area contributed by atoms with Crippen LogP contribution in [0.15, 0.2) is 12.2 Å². The summed E-state index contributed by atoms with van der Waals surface area (Å²) in [7, 11) is 0. The molecule has 0 amide bonds. The average Bonchev–Trinajstić information content (AvgIpc) is 2.10. The first-order chi connectivity index (χ1) is 6.93. The normalized spacial score (nSPS) is 11.7. The third-order valence-electron chi connectivity index (χ3n) is 1.39. The van der Waals surface area contributed by atoms with E-state index in [1.165, 1.54) is 13.8 Å². The molecule has 0 aromatic rings. The fraction of sp³-hybridized carbons (Fsp3) is 0.600. The number of esters is 2. The molecule has 86 valence electrons. The highest BCUT2D eigenvalue weighted by atomic mass is 16.6. The van der Waals surface area contributed by atoms with Crippen molar-refractivity contribution in [2.24, 2.45) is 0 Å². The lowest BCUT2D eigenvalue weighted by Crippen LogP contribution is -2.17. The average molecular weight is 216 g/mol. The molecule has 0 spiro atoms. The largest absolute Gasteiger partial charge is 0.462 e. The molecule has 0 heterocycles. The second kappa shape index (κ2) is 7.00. The first-order valence-corrected chi connectivity index (χ1v) is 4.59. The predicted molar refractivity (Wildman–Crippen MR) is 53.0 cm³/mol. The Morgan fingerprint density at radius 2 is 1.87 bits per heavy atom. The molecular formula is C10H16O5. The van der Waals surface area contributed by atoms with Crippen LogP contribution in [0.25, 0.3) is 0 Å². The number of carbonyl (C=O) groups excluding carboxylic acids is 2. The minimum atomic E-state index is -0.726. The summed E-state index contributed by atoms with van der Waals surface area (Å²) in [5, 5.41) is 8.84. The van der Waals surface area contributed by atoms with Crippen LogP contribution in [0.1, 0.15) is 20.3 Å². The van der Waals surface area contributed by atoms with Crippen molar-refractivity contribution in [2.75, 3.05) is 13.2 Å². The fourth-order valence-corrected chi connectivity index (χ4v) is 0.713. The maximum atomic E-state index is 10.9. The van der Waals surface area contributed by atoms with Crippen molar-refractivity contribution in [3.8, 4) is 0 Å². The summed E-state index contributed by atoms with van der Waals surface area (Å²) in [5.74, 6) is -1.03. The van der Waals surface area contributed by atoms with E-state index < -0.39 is 18.0 Å². The Balaban J connectivity index is 3.50. The number of ether oxygens (including phenoxy) is 2. The maximum absolute atomic E-state index is 10.9. The van der Waals surface area contributed by atoms with Crippen LogP contribution < -0.4 is 0 Å². The molecule has 0 fully saturated rings. The monoisotopic (exact) mass is 216 g/mol. The van der Waals surface area contributed by atoms with E-state index in [1.54, 1.807) is 0 Å². The zero-order valence-electron chi connectivity index (χ0n) is 8.99. The molecule has 0 saturated carbocycles. The van der Waals surface area contributed by atoms with Gasteiger partial charge in [0.05, 0.1) is 12.5 Å². The smallest absolute Gasteiger partial charge is 0.333 e. The Bertz CT molecular complexity index is 244. The second-order valence-corrected chi connectivity index (χ2v) is 3.19. The van der Waals surface area contributed by atoms with Gasteiger partial charge in [-0.05, 0) is 13.8 Å². The number of hydrogen-bond donors (Lipinski definition) is 1. The predicted octanol–water partition coefficient (Wildman–Crippen LogP) is 0.420. The lowest BCUT2D eigenvalue weighted by atomic mass is 10.3. The third-order valence-corrected chi connectivity index (χ3v) is 1.39. The molecule has 5 heteroatoms. The molecule has 0 saturated heterocycles. The van der Waals surface area contributed by atoms with E-state index >= 15 is 0 Å². The summed E-state index contributed by atoms with van der Waals surface area (Å²) in [6, 6.07) is 0. The summed E-state index contributed by atoms with van der Waals surface area (Å²) in [5.41, 5.74) is 0.297. The summed E-state index contributed by atoms with van der Waals surface area (Å²) in [6.45, 7) is 6.40. The number of rotatable bonds is 6. The van der Waals surface area contributed by atoms with E-state index in [0.29, 0.717) is 5.57 Å². The number of hydrogen-bond acceptors (Lipinski definition) is 5. The van der Waals surface area contributed by atoms with Crippen LogP contribution >= 0.6 is 0 Å². The van der Waals surface area contributed by atoms with E-state index in [4.69, 9.17) is 5.11 Å². The van der Waals surface area contributed by atoms with Gasteiger partial charge in [0.15, 0.2) is 0 Å². The molecule has 0 aliphatic rings. The first kappa shape index (κ1) is 13.6. The van der Waals surface area contributed by atoms with Crippen molar-refractivity contribution in [1.82, 2.24) is 0 Å². The Kier molecular flexibility index (Phi) is 6.37.